The fraction of sp³-hybridized carbons (Fsp3) is 0.250. The SMILES string of the molecule is NC(N)=NCCCC(NC(=O)C(Cc1csc2ccccc12)NC(=O)C(Cc1ccccc1)NS(=O)(=O)Cc1ccccc1)C(=O)c1nccs1. The number of sulfonamides is 1. The van der Waals surface area contributed by atoms with E-state index in [4.69, 9.17) is 11.5 Å². The lowest BCUT2D eigenvalue weighted by Crippen LogP contribution is -2.57. The lowest BCUT2D eigenvalue weighted by atomic mass is 10.0. The van der Waals surface area contributed by atoms with Gasteiger partial charge in [0.05, 0.1) is 11.8 Å². The molecule has 0 aliphatic rings. The number of thiazole rings is 1. The van der Waals surface area contributed by atoms with Crippen molar-refractivity contribution in [2.45, 2.75) is 49.6 Å². The number of hydrogen-bond donors (Lipinski definition) is 5. The average Bonchev–Trinajstić information content (AvgIpc) is 3.80. The van der Waals surface area contributed by atoms with Gasteiger partial charge >= 0.3 is 0 Å². The van der Waals surface area contributed by atoms with Crippen LogP contribution in [0.2, 0.25) is 0 Å². The van der Waals surface area contributed by atoms with Gasteiger partial charge in [0.1, 0.15) is 12.1 Å². The van der Waals surface area contributed by atoms with E-state index in [1.165, 1.54) is 17.5 Å². The molecule has 12 nitrogen and oxygen atoms in total. The standard InChI is InChI=1S/C36H39N7O5S3/c37-36(38)40-17-9-15-28(32(44)35-39-18-19-49-35)41-33(45)29(21-26-22-50-31-16-8-7-14-27(26)31)42-34(46)30(20-24-10-3-1-4-11-24)43-51(47,48)23-25-12-5-2-6-13-25/h1-8,10-14,16,18-19,22,28-30,43H,9,15,17,20-21,23H2,(H,41,45)(H,42,46)(H4,37,38,40). The fourth-order valence-corrected chi connectivity index (χ4v) is 8.47. The van der Waals surface area contributed by atoms with Crippen molar-refractivity contribution >= 4 is 66.3 Å². The molecule has 0 radical (unpaired) electrons. The number of Topliss-reactive ketones (excluding diaryl/α,β-unsaturated/α-hetero) is 1. The number of benzene rings is 3. The maximum atomic E-state index is 14.2. The Morgan fingerprint density at radius 1 is 0.784 bits per heavy atom. The molecule has 3 atom stereocenters. The van der Waals surface area contributed by atoms with E-state index in [9.17, 15) is 22.8 Å². The van der Waals surface area contributed by atoms with E-state index in [0.717, 1.165) is 32.5 Å². The van der Waals surface area contributed by atoms with Crippen molar-refractivity contribution < 1.29 is 22.8 Å². The van der Waals surface area contributed by atoms with Crippen molar-refractivity contribution in [2.75, 3.05) is 6.54 Å². The number of fused-ring (bicyclic) bond motifs is 1. The normalized spacial score (nSPS) is 13.2. The molecule has 2 aromatic heterocycles. The summed E-state index contributed by atoms with van der Waals surface area (Å²) in [5, 5.41) is 10.4. The van der Waals surface area contributed by atoms with Gasteiger partial charge < -0.3 is 22.1 Å². The minimum absolute atomic E-state index is 0.0341. The molecule has 2 heterocycles. The van der Waals surface area contributed by atoms with E-state index in [-0.39, 0.29) is 48.3 Å². The summed E-state index contributed by atoms with van der Waals surface area (Å²) in [5.74, 6) is -2.11. The van der Waals surface area contributed by atoms with E-state index in [2.05, 4.69) is 25.3 Å². The van der Waals surface area contributed by atoms with E-state index in [1.807, 2.05) is 35.7 Å². The van der Waals surface area contributed by atoms with Crippen LogP contribution in [0.3, 0.4) is 0 Å². The Hall–Kier alpha value is -4.96. The zero-order chi connectivity index (χ0) is 36.2. The van der Waals surface area contributed by atoms with E-state index in [1.54, 1.807) is 60.0 Å². The van der Waals surface area contributed by atoms with Crippen LogP contribution in [-0.4, -0.2) is 61.6 Å². The maximum Gasteiger partial charge on any atom is 0.243 e. The van der Waals surface area contributed by atoms with Crippen LogP contribution < -0.4 is 26.8 Å². The molecule has 3 aromatic carbocycles. The van der Waals surface area contributed by atoms with Crippen molar-refractivity contribution in [3.63, 3.8) is 0 Å². The minimum atomic E-state index is -4.00. The Balaban J connectivity index is 1.43. The van der Waals surface area contributed by atoms with Crippen molar-refractivity contribution in [2.24, 2.45) is 16.5 Å². The number of ketones is 1. The van der Waals surface area contributed by atoms with Gasteiger partial charge in [0.2, 0.25) is 27.6 Å². The molecule has 0 saturated heterocycles. The fourth-order valence-electron chi connectivity index (χ4n) is 5.52. The number of carbonyl (C=O) groups is 3. The van der Waals surface area contributed by atoms with Gasteiger partial charge in [0.15, 0.2) is 11.0 Å². The lowest BCUT2D eigenvalue weighted by molar-refractivity contribution is -0.130. The first-order valence-corrected chi connectivity index (χ1v) is 19.6. The molecule has 5 rings (SSSR count). The molecule has 7 N–H and O–H groups in total. The summed E-state index contributed by atoms with van der Waals surface area (Å²) in [7, 11) is -4.00. The van der Waals surface area contributed by atoms with Gasteiger partial charge in [0.25, 0.3) is 0 Å². The Bertz CT molecular complexity index is 2050. The van der Waals surface area contributed by atoms with Gasteiger partial charge in [-0.1, -0.05) is 78.9 Å². The first-order valence-electron chi connectivity index (χ1n) is 16.2. The lowest BCUT2D eigenvalue weighted by Gasteiger charge is -2.25. The molecule has 15 heteroatoms. The van der Waals surface area contributed by atoms with Gasteiger partial charge in [-0.15, -0.1) is 22.7 Å². The highest BCUT2D eigenvalue weighted by atomic mass is 32.2. The molecule has 3 unspecified atom stereocenters. The second kappa shape index (κ2) is 17.8. The number of aromatic nitrogens is 1. The number of nitrogens with zero attached hydrogens (tertiary/aromatic N) is 2. The summed E-state index contributed by atoms with van der Waals surface area (Å²) in [6.07, 6.45) is 2.22. The Kier molecular flexibility index (Phi) is 13.0. The number of nitrogens with two attached hydrogens (primary N) is 2. The molecule has 5 aromatic rings. The third-order valence-corrected chi connectivity index (χ3v) is 11.1. The van der Waals surface area contributed by atoms with Gasteiger partial charge in [-0.25, -0.2) is 18.1 Å². The second-order valence-corrected chi connectivity index (χ2v) is 15.4. The first-order chi connectivity index (χ1) is 24.6. The average molecular weight is 746 g/mol. The van der Waals surface area contributed by atoms with Crippen molar-refractivity contribution in [1.29, 1.82) is 0 Å². The zero-order valence-electron chi connectivity index (χ0n) is 27.6. The van der Waals surface area contributed by atoms with Crippen molar-refractivity contribution in [3.05, 3.63) is 124 Å². The van der Waals surface area contributed by atoms with E-state index >= 15 is 0 Å². The Morgan fingerprint density at radius 2 is 1.43 bits per heavy atom. The molecule has 51 heavy (non-hydrogen) atoms. The van der Waals surface area contributed by atoms with Crippen molar-refractivity contribution in [1.82, 2.24) is 20.3 Å². The van der Waals surface area contributed by atoms with Gasteiger partial charge in [0, 0.05) is 29.2 Å². The predicted molar refractivity (Wildman–Crippen MR) is 202 cm³/mol. The quantitative estimate of drug-likeness (QED) is 0.0388. The Labute approximate surface area is 304 Å². The summed E-state index contributed by atoms with van der Waals surface area (Å²) in [6.45, 7) is 0.241. The van der Waals surface area contributed by atoms with Crippen LogP contribution in [0.15, 0.2) is 107 Å². The molecule has 0 aliphatic heterocycles. The zero-order valence-corrected chi connectivity index (χ0v) is 30.1. The van der Waals surface area contributed by atoms with Crippen LogP contribution in [-0.2, 0) is 38.2 Å². The highest BCUT2D eigenvalue weighted by Crippen LogP contribution is 2.27. The molecule has 0 saturated carbocycles. The summed E-state index contributed by atoms with van der Waals surface area (Å²) >= 11 is 2.66. The third-order valence-electron chi connectivity index (χ3n) is 7.96. The molecule has 0 aliphatic carbocycles. The number of aliphatic imine (C=N–C) groups is 1. The second-order valence-electron chi connectivity index (χ2n) is 11.8. The van der Waals surface area contributed by atoms with Crippen LogP contribution in [0.1, 0.15) is 39.3 Å². The number of thiophene rings is 1. The number of carbonyl (C=O) groups excluding carboxylic acids is 3. The van der Waals surface area contributed by atoms with E-state index < -0.39 is 40.0 Å². The summed E-state index contributed by atoms with van der Waals surface area (Å²) in [6, 6.07) is 22.0. The van der Waals surface area contributed by atoms with Crippen LogP contribution in [0.4, 0.5) is 0 Å². The number of rotatable bonds is 18. The molecule has 0 bridgehead atoms. The maximum absolute atomic E-state index is 14.2. The summed E-state index contributed by atoms with van der Waals surface area (Å²) in [5.41, 5.74) is 13.0. The van der Waals surface area contributed by atoms with E-state index in [0.29, 0.717) is 12.0 Å². The highest BCUT2D eigenvalue weighted by Gasteiger charge is 2.32. The highest BCUT2D eigenvalue weighted by molar-refractivity contribution is 7.88. The number of nitrogens with one attached hydrogen (secondary N) is 3. The van der Waals surface area contributed by atoms with Crippen LogP contribution in [0.5, 0.6) is 0 Å². The molecule has 0 fully saturated rings. The van der Waals surface area contributed by atoms with Crippen molar-refractivity contribution in [3.8, 4) is 0 Å². The number of amides is 2. The molecular formula is C36H39N7O5S3. The minimum Gasteiger partial charge on any atom is -0.370 e. The summed E-state index contributed by atoms with van der Waals surface area (Å²) < 4.78 is 30.4. The first kappa shape index (κ1) is 37.3. The molecular weight excluding hydrogens is 707 g/mol. The largest absolute Gasteiger partial charge is 0.370 e. The topological polar surface area (TPSA) is 199 Å². The van der Waals surface area contributed by atoms with Crippen LogP contribution in [0, 0.1) is 0 Å². The molecule has 0 spiro atoms. The third kappa shape index (κ3) is 11.0. The van der Waals surface area contributed by atoms with Crippen LogP contribution >= 0.6 is 22.7 Å². The summed E-state index contributed by atoms with van der Waals surface area (Å²) in [4.78, 5) is 49.9. The van der Waals surface area contributed by atoms with Gasteiger partial charge in [-0.05, 0) is 52.8 Å². The predicted octanol–water partition coefficient (Wildman–Crippen LogP) is 3.54. The smallest absolute Gasteiger partial charge is 0.243 e. The Morgan fingerprint density at radius 3 is 2.12 bits per heavy atom. The monoisotopic (exact) mass is 745 g/mol. The molecule has 266 valence electrons. The van der Waals surface area contributed by atoms with Gasteiger partial charge in [-0.2, -0.15) is 0 Å². The van der Waals surface area contributed by atoms with Crippen LogP contribution in [0.25, 0.3) is 10.1 Å². The van der Waals surface area contributed by atoms with Gasteiger partial charge in [-0.3, -0.25) is 19.4 Å². The number of hydrogen-bond acceptors (Lipinski definition) is 9. The number of guanidine groups is 1. The molecule has 2 amide bonds.